The van der Waals surface area contributed by atoms with Crippen molar-refractivity contribution in [1.29, 1.82) is 0 Å². The lowest BCUT2D eigenvalue weighted by Gasteiger charge is -2.62. The van der Waals surface area contributed by atoms with E-state index in [-0.39, 0.29) is 103 Å². The van der Waals surface area contributed by atoms with E-state index in [9.17, 15) is 48.9 Å². The van der Waals surface area contributed by atoms with E-state index in [0.29, 0.717) is 103 Å². The van der Waals surface area contributed by atoms with Crippen LogP contribution in [-0.4, -0.2) is 140 Å². The van der Waals surface area contributed by atoms with Crippen LogP contribution in [0.5, 0.6) is 5.75 Å². The highest BCUT2D eigenvalue weighted by Gasteiger charge is 2.64. The number of amides is 4. The minimum atomic E-state index is -1.09. The molecule has 0 bridgehead atoms. The van der Waals surface area contributed by atoms with Crippen LogP contribution in [0.2, 0.25) is 0 Å². The van der Waals surface area contributed by atoms with Gasteiger partial charge in [-0.2, -0.15) is 0 Å². The van der Waals surface area contributed by atoms with E-state index in [1.54, 1.807) is 70.5 Å². The maximum Gasteiger partial charge on any atom is 0.415 e. The zero-order chi connectivity index (χ0) is 61.0. The number of Topliss-reactive ketones (excluding diaryl/α,β-unsaturated/α-hetero) is 2. The first kappa shape index (κ1) is 65.0. The highest BCUT2D eigenvalue weighted by molar-refractivity contribution is 8.15. The molecule has 4 fully saturated rings. The van der Waals surface area contributed by atoms with Crippen molar-refractivity contribution < 1.29 is 53.6 Å². The van der Waals surface area contributed by atoms with E-state index >= 15 is 0 Å². The number of carboxylic acids is 1. The molecule has 0 radical (unpaired) electrons. The summed E-state index contributed by atoms with van der Waals surface area (Å²) in [6.07, 6.45) is 10.9. The molecule has 1 aliphatic heterocycles. The van der Waals surface area contributed by atoms with Gasteiger partial charge in [0.05, 0.1) is 28.5 Å². The number of likely N-dealkylation sites (N-methyl/N-ethyl adjacent to an activating group) is 1. The maximum atomic E-state index is 13.9. The third kappa shape index (κ3) is 14.4. The highest BCUT2D eigenvalue weighted by atomic mass is 32.2. The summed E-state index contributed by atoms with van der Waals surface area (Å²) in [6, 6.07) is 4.51. The van der Waals surface area contributed by atoms with Crippen molar-refractivity contribution in [2.24, 2.45) is 56.7 Å². The van der Waals surface area contributed by atoms with Gasteiger partial charge in [0.2, 0.25) is 17.7 Å². The average Bonchev–Trinajstić information content (AvgIpc) is 1.42. The second kappa shape index (κ2) is 27.4. The van der Waals surface area contributed by atoms with E-state index in [1.807, 2.05) is 6.07 Å². The number of unbranched alkanes of at least 4 members (excludes halogenated alkanes) is 3. The van der Waals surface area contributed by atoms with Crippen LogP contribution in [0.4, 0.5) is 4.79 Å². The van der Waals surface area contributed by atoms with Crippen molar-refractivity contribution in [3.8, 4) is 5.75 Å². The summed E-state index contributed by atoms with van der Waals surface area (Å²) in [5, 5.41) is 39.9. The van der Waals surface area contributed by atoms with E-state index in [1.165, 1.54) is 16.2 Å². The zero-order valence-corrected chi connectivity index (χ0v) is 53.1. The number of thioether (sulfide) groups is 1. The molecule has 0 spiro atoms. The molecule has 6 aliphatic rings. The minimum Gasteiger partial charge on any atom is -0.480 e. The number of carboxylic acid groups (broad SMARTS) is 1. The molecule has 5 N–H and O–H groups in total. The first-order chi connectivity index (χ1) is 39.7. The number of benzene rings is 1. The molecule has 4 amide bonds. The third-order valence-corrected chi connectivity index (χ3v) is 23.3. The predicted molar refractivity (Wildman–Crippen MR) is 329 cm³/mol. The van der Waals surface area contributed by atoms with Crippen LogP contribution in [0.15, 0.2) is 45.5 Å². The average molecular weight is 1200 g/mol. The summed E-state index contributed by atoms with van der Waals surface area (Å²) >= 11 is 3.16. The lowest BCUT2D eigenvalue weighted by molar-refractivity contribution is -0.175. The summed E-state index contributed by atoms with van der Waals surface area (Å²) in [4.78, 5) is 105. The number of fused-ring (bicyclic) bond motifs is 6. The summed E-state index contributed by atoms with van der Waals surface area (Å²) < 4.78 is 6.80. The van der Waals surface area contributed by atoms with Gasteiger partial charge in [-0.1, -0.05) is 41.0 Å². The third-order valence-electron chi connectivity index (χ3n) is 20.9. The summed E-state index contributed by atoms with van der Waals surface area (Å²) in [5.74, 6) is 1.56. The number of nitrogens with one attached hydrogen (secondary N) is 2. The van der Waals surface area contributed by atoms with Crippen LogP contribution in [0.3, 0.4) is 0 Å². The van der Waals surface area contributed by atoms with Gasteiger partial charge in [-0.05, 0) is 176 Å². The molecular weight excluding hydrogens is 1100 g/mol. The Morgan fingerprint density at radius 2 is 1.61 bits per heavy atom. The first-order valence-electron chi connectivity index (χ1n) is 31.2. The molecular formula is C65H94N6O11S2. The Balaban J connectivity index is 0.762. The van der Waals surface area contributed by atoms with Gasteiger partial charge in [0.25, 0.3) is 0 Å². The Morgan fingerprint density at radius 1 is 0.857 bits per heavy atom. The summed E-state index contributed by atoms with van der Waals surface area (Å²) in [7, 11) is 1.65. The van der Waals surface area contributed by atoms with Crippen LogP contribution >= 0.6 is 23.1 Å². The van der Waals surface area contributed by atoms with Crippen molar-refractivity contribution in [3.63, 3.8) is 0 Å². The van der Waals surface area contributed by atoms with Gasteiger partial charge in [0.1, 0.15) is 21.8 Å². The number of hydrogen-bond acceptors (Lipinski definition) is 14. The van der Waals surface area contributed by atoms with Crippen LogP contribution in [0.1, 0.15) is 183 Å². The molecule has 84 heavy (non-hydrogen) atoms. The van der Waals surface area contributed by atoms with Crippen LogP contribution in [-0.2, 0) is 28.8 Å². The molecule has 1 aromatic carbocycles. The van der Waals surface area contributed by atoms with Crippen molar-refractivity contribution >= 4 is 79.7 Å². The number of nitrogens with zero attached hydrogens (tertiary/aromatic N) is 4. The SMILES string of the molecule is CC1=C(C)C(=O)C(C(C)(C)CC(=O)N(C)CCN(CCCCCC(=O)NCCCCC(NC(=O)CC[C@@H](C)[C@H]2CC[C@H]3[C@@H]4CC[C@@H]5C[C@H](O)CC[C@]5(C)[C@H]4C[C@H](O)[C@]23C)C(=O)O)C(=O)Oc2ccc3nc(C4=NC(C)CS4)sc3c2)=C(C)C1=O. The fraction of sp³-hybridized carbons (Fsp3) is 0.708. The van der Waals surface area contributed by atoms with E-state index in [2.05, 4.69) is 38.3 Å². The number of thiazole rings is 1. The number of aliphatic hydroxyl groups excluding tert-OH is 2. The largest absolute Gasteiger partial charge is 0.480 e. The van der Waals surface area contributed by atoms with E-state index < -0.39 is 29.6 Å². The number of carbonyl (C=O) groups is 7. The molecule has 2 unspecified atom stereocenters. The van der Waals surface area contributed by atoms with Gasteiger partial charge >= 0.3 is 12.1 Å². The molecule has 1 aromatic heterocycles. The monoisotopic (exact) mass is 1200 g/mol. The minimum absolute atomic E-state index is 0.0279. The normalized spacial score (nSPS) is 28.5. The fourth-order valence-corrected chi connectivity index (χ4v) is 17.9. The van der Waals surface area contributed by atoms with Crippen LogP contribution < -0.4 is 15.4 Å². The quantitative estimate of drug-likeness (QED) is 0.0459. The van der Waals surface area contributed by atoms with Gasteiger partial charge in [0.15, 0.2) is 11.6 Å². The molecule has 2 heterocycles. The highest BCUT2D eigenvalue weighted by Crippen LogP contribution is 2.68. The number of allylic oxidation sites excluding steroid dienone is 4. The summed E-state index contributed by atoms with van der Waals surface area (Å²) in [6.45, 7) is 18.5. The molecule has 5 aliphatic carbocycles. The van der Waals surface area contributed by atoms with Crippen molar-refractivity contribution in [1.82, 2.24) is 25.4 Å². The number of ketones is 2. The van der Waals surface area contributed by atoms with Crippen molar-refractivity contribution in [2.45, 2.75) is 202 Å². The van der Waals surface area contributed by atoms with Gasteiger partial charge in [-0.3, -0.25) is 29.0 Å². The number of rotatable bonds is 25. The summed E-state index contributed by atoms with van der Waals surface area (Å²) in [5.41, 5.74) is 1.29. The second-order valence-electron chi connectivity index (χ2n) is 26.9. The molecule has 2 aromatic rings. The van der Waals surface area contributed by atoms with Crippen LogP contribution in [0, 0.1) is 51.8 Å². The molecule has 17 nitrogen and oxygen atoms in total. The lowest BCUT2D eigenvalue weighted by Crippen LogP contribution is -2.58. The van der Waals surface area contributed by atoms with Crippen LogP contribution in [0.25, 0.3) is 10.2 Å². The Hall–Kier alpha value is -4.98. The van der Waals surface area contributed by atoms with E-state index in [0.717, 1.165) is 77.4 Å². The number of ether oxygens (including phenoxy) is 1. The molecule has 19 heteroatoms. The van der Waals surface area contributed by atoms with Gasteiger partial charge in [0, 0.05) is 92.0 Å². The molecule has 0 saturated heterocycles. The predicted octanol–water partition coefficient (Wildman–Crippen LogP) is 10.5. The Bertz CT molecular complexity index is 2920. The van der Waals surface area contributed by atoms with Gasteiger partial charge in [-0.25, -0.2) is 14.6 Å². The Labute approximate surface area is 505 Å². The van der Waals surface area contributed by atoms with Gasteiger partial charge in [-0.15, -0.1) is 23.1 Å². The fourth-order valence-electron chi connectivity index (χ4n) is 15.8. The topological polar surface area (TPSA) is 245 Å². The standard InChI is InChI=1S/C65H94N6O11S2/c1-37(46-22-23-47-45-21-19-42-32-43(72)26-27-64(42,8)48(45)34-52(73)65(46,47)9)18-25-54(75)68-50(61(79)80)16-13-14-28-66-53(74)17-12-11-15-29-71(62(81)82-44-20-24-49-51(33-44)84-60(69-49)59-67-38(2)36-83-59)31-30-70(10)55(76)35-63(6,7)56-41(5)57(77)39(3)40(4)58(56)78/h20,24,33,37-38,42-43,45-48,50,52,72-73H,11-19,21-23,25-32,34-36H2,1-10H3,(H,66,74)(H,68,75)(H,79,80)/t37-,38?,42-,43-,45+,46-,47+,48+,50?,52+,64+,65-/m1/s1. The Kier molecular flexibility index (Phi) is 21.2. The van der Waals surface area contributed by atoms with Crippen molar-refractivity contribution in [3.05, 3.63) is 45.5 Å². The molecule has 462 valence electrons. The maximum absolute atomic E-state index is 13.9. The number of aliphatic carboxylic acids is 1. The molecule has 4 saturated carbocycles. The Morgan fingerprint density at radius 3 is 2.33 bits per heavy atom. The first-order valence-corrected chi connectivity index (χ1v) is 33.0. The van der Waals surface area contributed by atoms with E-state index in [4.69, 9.17) is 14.7 Å². The number of aliphatic imine (C=N–C) groups is 1. The molecule has 12 atom stereocenters. The smallest absolute Gasteiger partial charge is 0.415 e. The number of aromatic nitrogens is 1. The zero-order valence-electron chi connectivity index (χ0n) is 51.5. The number of hydrogen-bond donors (Lipinski definition) is 5. The van der Waals surface area contributed by atoms with Gasteiger partial charge < -0.3 is 40.5 Å². The number of carbonyl (C=O) groups excluding carboxylic acids is 6. The number of aliphatic hydroxyl groups is 2. The second-order valence-corrected chi connectivity index (χ2v) is 28.9. The molecule has 8 rings (SSSR count). The lowest BCUT2D eigenvalue weighted by atomic mass is 9.43. The van der Waals surface area contributed by atoms with Crippen molar-refractivity contribution in [2.75, 3.05) is 39.0 Å².